The lowest BCUT2D eigenvalue weighted by atomic mass is 9.81. The van der Waals surface area contributed by atoms with Crippen molar-refractivity contribution < 1.29 is 23.9 Å². The molecule has 2 N–H and O–H groups in total. The molecule has 0 fully saturated rings. The maximum Gasteiger partial charge on any atom is 0.355 e. The van der Waals surface area contributed by atoms with Crippen molar-refractivity contribution in [1.82, 2.24) is 4.90 Å². The lowest BCUT2D eigenvalue weighted by Crippen LogP contribution is -2.40. The fraction of sp³-hybridized carbons (Fsp3) is 0.231. The van der Waals surface area contributed by atoms with Crippen LogP contribution in [0.2, 0.25) is 0 Å². The quantitative estimate of drug-likeness (QED) is 0.632. The van der Waals surface area contributed by atoms with Gasteiger partial charge >= 0.3 is 11.9 Å². The van der Waals surface area contributed by atoms with Gasteiger partial charge in [0.1, 0.15) is 11.5 Å². The Bertz CT molecular complexity index is 1240. The highest BCUT2D eigenvalue weighted by Crippen LogP contribution is 2.43. The van der Waals surface area contributed by atoms with E-state index in [0.717, 1.165) is 5.56 Å². The SMILES string of the molecule is COC(=O)C1=C(C(=O)OC)N(c2ccc(CC(=O)N(C)C)cc2)C(N)=C(C#N)C1c1ccccc1. The summed E-state index contributed by atoms with van der Waals surface area (Å²) < 4.78 is 10.0. The van der Waals surface area contributed by atoms with Crippen LogP contribution in [0.15, 0.2) is 77.3 Å². The molecule has 1 amide bonds. The minimum Gasteiger partial charge on any atom is -0.466 e. The molecule has 1 heterocycles. The molecule has 1 aliphatic rings. The predicted molar refractivity (Wildman–Crippen MR) is 128 cm³/mol. The molecule has 2 aromatic rings. The van der Waals surface area contributed by atoms with Crippen molar-refractivity contribution in [2.24, 2.45) is 5.73 Å². The molecule has 1 aliphatic heterocycles. The number of allylic oxidation sites excluding steroid dienone is 1. The fourth-order valence-electron chi connectivity index (χ4n) is 3.88. The van der Waals surface area contributed by atoms with Gasteiger partial charge in [-0.15, -0.1) is 0 Å². The molecule has 0 saturated heterocycles. The third-order valence-electron chi connectivity index (χ3n) is 5.66. The minimum atomic E-state index is -0.934. The first-order chi connectivity index (χ1) is 16.7. The molecule has 35 heavy (non-hydrogen) atoms. The standard InChI is InChI=1S/C26H26N4O5/c1-29(2)20(31)14-16-10-12-18(13-11-16)30-23(26(33)35-4)22(25(32)34-3)21(19(15-27)24(30)28)17-8-6-5-7-9-17/h5-13,21H,14,28H2,1-4H3. The van der Waals surface area contributed by atoms with E-state index >= 15 is 0 Å². The van der Waals surface area contributed by atoms with E-state index in [0.29, 0.717) is 11.3 Å². The molecule has 0 saturated carbocycles. The number of likely N-dealkylation sites (N-methyl/N-ethyl adjacent to an activating group) is 1. The molecule has 9 heteroatoms. The van der Waals surface area contributed by atoms with Crippen LogP contribution in [0.3, 0.4) is 0 Å². The van der Waals surface area contributed by atoms with Gasteiger partial charge in [-0.3, -0.25) is 9.69 Å². The largest absolute Gasteiger partial charge is 0.466 e. The average Bonchev–Trinajstić information content (AvgIpc) is 2.87. The van der Waals surface area contributed by atoms with E-state index in [2.05, 4.69) is 6.07 Å². The van der Waals surface area contributed by atoms with E-state index in [1.807, 2.05) is 0 Å². The first kappa shape index (κ1) is 25.1. The van der Waals surface area contributed by atoms with Gasteiger partial charge in [-0.25, -0.2) is 9.59 Å². The highest BCUT2D eigenvalue weighted by Gasteiger charge is 2.42. The van der Waals surface area contributed by atoms with E-state index in [1.54, 1.807) is 68.7 Å². The number of amides is 1. The van der Waals surface area contributed by atoms with Crippen molar-refractivity contribution >= 4 is 23.5 Å². The molecule has 0 radical (unpaired) electrons. The number of methoxy groups -OCH3 is 2. The number of ether oxygens (including phenoxy) is 2. The van der Waals surface area contributed by atoms with E-state index in [-0.39, 0.29) is 35.0 Å². The van der Waals surface area contributed by atoms with Gasteiger partial charge in [0.25, 0.3) is 0 Å². The Morgan fingerprint density at radius 1 is 1.00 bits per heavy atom. The Hall–Kier alpha value is -4.58. The summed E-state index contributed by atoms with van der Waals surface area (Å²) in [7, 11) is 5.73. The summed E-state index contributed by atoms with van der Waals surface area (Å²) in [5, 5.41) is 10.1. The second kappa shape index (κ2) is 10.6. The van der Waals surface area contributed by atoms with E-state index in [9.17, 15) is 19.6 Å². The summed E-state index contributed by atoms with van der Waals surface area (Å²) in [6.45, 7) is 0. The molecule has 0 aliphatic carbocycles. The van der Waals surface area contributed by atoms with Gasteiger partial charge in [-0.05, 0) is 23.3 Å². The Morgan fingerprint density at radius 3 is 2.11 bits per heavy atom. The summed E-state index contributed by atoms with van der Waals surface area (Å²) in [5.41, 5.74) is 8.07. The molecule has 0 bridgehead atoms. The van der Waals surface area contributed by atoms with Crippen LogP contribution < -0.4 is 10.6 Å². The van der Waals surface area contributed by atoms with Gasteiger partial charge < -0.3 is 20.1 Å². The molecule has 1 atom stereocenters. The van der Waals surface area contributed by atoms with Crippen molar-refractivity contribution in [3.8, 4) is 6.07 Å². The normalized spacial score (nSPS) is 15.4. The number of carbonyl (C=O) groups excluding carboxylic acids is 3. The van der Waals surface area contributed by atoms with Crippen molar-refractivity contribution in [3.63, 3.8) is 0 Å². The molecule has 2 aromatic carbocycles. The highest BCUT2D eigenvalue weighted by atomic mass is 16.5. The van der Waals surface area contributed by atoms with Crippen LogP contribution in [-0.2, 0) is 30.3 Å². The number of hydrogen-bond donors (Lipinski definition) is 1. The maximum absolute atomic E-state index is 13.0. The zero-order valence-electron chi connectivity index (χ0n) is 19.9. The van der Waals surface area contributed by atoms with Crippen molar-refractivity contribution in [2.45, 2.75) is 12.3 Å². The number of nitrogens with two attached hydrogens (primary N) is 1. The summed E-state index contributed by atoms with van der Waals surface area (Å²) in [5.74, 6) is -2.64. The predicted octanol–water partition coefficient (Wildman–Crippen LogP) is 2.22. The van der Waals surface area contributed by atoms with E-state index < -0.39 is 17.9 Å². The minimum absolute atomic E-state index is 0.0217. The van der Waals surface area contributed by atoms with Gasteiger partial charge in [0, 0.05) is 19.8 Å². The second-order valence-electron chi connectivity index (χ2n) is 7.97. The van der Waals surface area contributed by atoms with Crippen LogP contribution in [0.4, 0.5) is 5.69 Å². The summed E-state index contributed by atoms with van der Waals surface area (Å²) >= 11 is 0. The van der Waals surface area contributed by atoms with Crippen LogP contribution in [0.5, 0.6) is 0 Å². The van der Waals surface area contributed by atoms with Gasteiger partial charge in [0.15, 0.2) is 0 Å². The molecule has 180 valence electrons. The smallest absolute Gasteiger partial charge is 0.355 e. The monoisotopic (exact) mass is 474 g/mol. The van der Waals surface area contributed by atoms with Crippen molar-refractivity contribution in [2.75, 3.05) is 33.2 Å². The Labute approximate surface area is 203 Å². The number of carbonyl (C=O) groups is 3. The first-order valence-electron chi connectivity index (χ1n) is 10.7. The van der Waals surface area contributed by atoms with Crippen LogP contribution >= 0.6 is 0 Å². The summed E-state index contributed by atoms with van der Waals surface area (Å²) in [6.07, 6.45) is 0.186. The third kappa shape index (κ3) is 4.87. The Morgan fingerprint density at radius 2 is 1.60 bits per heavy atom. The Kier molecular flexibility index (Phi) is 7.56. The van der Waals surface area contributed by atoms with Crippen LogP contribution in [0, 0.1) is 11.3 Å². The van der Waals surface area contributed by atoms with Gasteiger partial charge in [-0.1, -0.05) is 42.5 Å². The molecular formula is C26H26N4O5. The number of hydrogen-bond acceptors (Lipinski definition) is 8. The van der Waals surface area contributed by atoms with Gasteiger partial charge in [0.2, 0.25) is 5.91 Å². The molecule has 0 aromatic heterocycles. The number of nitriles is 1. The maximum atomic E-state index is 13.0. The van der Waals surface area contributed by atoms with Gasteiger partial charge in [0.05, 0.1) is 43.8 Å². The molecular weight excluding hydrogens is 448 g/mol. The number of anilines is 1. The van der Waals surface area contributed by atoms with E-state index in [4.69, 9.17) is 15.2 Å². The second-order valence-corrected chi connectivity index (χ2v) is 7.97. The number of esters is 2. The average molecular weight is 475 g/mol. The third-order valence-corrected chi connectivity index (χ3v) is 5.66. The molecule has 0 spiro atoms. The number of nitrogens with zero attached hydrogens (tertiary/aromatic N) is 3. The fourth-order valence-corrected chi connectivity index (χ4v) is 3.88. The lowest BCUT2D eigenvalue weighted by Gasteiger charge is -2.35. The summed E-state index contributed by atoms with van der Waals surface area (Å²) in [4.78, 5) is 41.0. The first-order valence-corrected chi connectivity index (χ1v) is 10.7. The molecule has 1 unspecified atom stereocenters. The molecule has 3 rings (SSSR count). The number of rotatable bonds is 6. The topological polar surface area (TPSA) is 126 Å². The van der Waals surface area contributed by atoms with Crippen molar-refractivity contribution in [3.05, 3.63) is 88.4 Å². The van der Waals surface area contributed by atoms with Crippen LogP contribution in [-0.4, -0.2) is 51.1 Å². The summed E-state index contributed by atoms with van der Waals surface area (Å²) in [6, 6.07) is 17.6. The molecule has 9 nitrogen and oxygen atoms in total. The van der Waals surface area contributed by atoms with E-state index in [1.165, 1.54) is 24.0 Å². The van der Waals surface area contributed by atoms with Crippen LogP contribution in [0.1, 0.15) is 17.0 Å². The zero-order valence-corrected chi connectivity index (χ0v) is 19.9. The lowest BCUT2D eigenvalue weighted by molar-refractivity contribution is -0.139. The van der Waals surface area contributed by atoms with Gasteiger partial charge in [-0.2, -0.15) is 5.26 Å². The highest BCUT2D eigenvalue weighted by molar-refractivity contribution is 6.06. The Balaban J connectivity index is 2.24. The van der Waals surface area contributed by atoms with Crippen LogP contribution in [0.25, 0.3) is 0 Å². The van der Waals surface area contributed by atoms with Crippen molar-refractivity contribution in [1.29, 1.82) is 5.26 Å². The zero-order chi connectivity index (χ0) is 25.7. The number of benzene rings is 2.